The van der Waals surface area contributed by atoms with Crippen molar-refractivity contribution in [1.29, 1.82) is 0 Å². The molecule has 0 aliphatic rings. The largest absolute Gasteiger partial charge is 0.463 e. The molecule has 2 aromatic heterocycles. The van der Waals surface area contributed by atoms with Crippen LogP contribution in [0, 0.1) is 0 Å². The SMILES string of the molecule is O=C(CCCCCCC(=O)N/N=C/c1ccco1)N/N=C/c1ccco1. The van der Waals surface area contributed by atoms with E-state index in [1.165, 1.54) is 25.0 Å². The Morgan fingerprint density at radius 2 is 1.27 bits per heavy atom. The number of amides is 2. The maximum atomic E-state index is 11.6. The Hall–Kier alpha value is -3.16. The van der Waals surface area contributed by atoms with Gasteiger partial charge in [-0.05, 0) is 37.1 Å². The van der Waals surface area contributed by atoms with Crippen molar-refractivity contribution >= 4 is 24.2 Å². The number of furan rings is 2. The van der Waals surface area contributed by atoms with Crippen LogP contribution in [-0.2, 0) is 9.59 Å². The van der Waals surface area contributed by atoms with E-state index in [1.807, 2.05) is 0 Å². The molecule has 0 saturated carbocycles. The zero-order chi connectivity index (χ0) is 18.5. The average molecular weight is 358 g/mol. The highest BCUT2D eigenvalue weighted by molar-refractivity contribution is 5.80. The maximum Gasteiger partial charge on any atom is 0.240 e. The van der Waals surface area contributed by atoms with E-state index in [4.69, 9.17) is 8.83 Å². The first-order valence-electron chi connectivity index (χ1n) is 8.45. The van der Waals surface area contributed by atoms with Crippen molar-refractivity contribution < 1.29 is 18.4 Å². The van der Waals surface area contributed by atoms with Gasteiger partial charge in [0.05, 0.1) is 25.0 Å². The standard InChI is InChI=1S/C18H22N4O4/c23-17(21-19-13-15-7-5-11-25-15)9-3-1-2-4-10-18(24)22-20-14-16-8-6-12-26-16/h5-8,11-14H,1-4,9-10H2,(H,21,23)(H,22,24)/b19-13+,20-14+. The smallest absolute Gasteiger partial charge is 0.240 e. The van der Waals surface area contributed by atoms with Crippen LogP contribution >= 0.6 is 0 Å². The van der Waals surface area contributed by atoms with Crippen LogP contribution in [0.25, 0.3) is 0 Å². The van der Waals surface area contributed by atoms with Crippen LogP contribution < -0.4 is 10.9 Å². The molecule has 26 heavy (non-hydrogen) atoms. The average Bonchev–Trinajstić information content (AvgIpc) is 3.32. The fraction of sp³-hybridized carbons (Fsp3) is 0.333. The Labute approximate surface area is 151 Å². The first kappa shape index (κ1) is 19.2. The molecule has 2 aromatic rings. The molecule has 8 heteroatoms. The summed E-state index contributed by atoms with van der Waals surface area (Å²) in [7, 11) is 0. The third kappa shape index (κ3) is 8.09. The summed E-state index contributed by atoms with van der Waals surface area (Å²) in [6, 6.07) is 6.98. The molecule has 0 radical (unpaired) electrons. The van der Waals surface area contributed by atoms with Gasteiger partial charge in [-0.2, -0.15) is 10.2 Å². The van der Waals surface area contributed by atoms with Gasteiger partial charge in [-0.1, -0.05) is 12.8 Å². The highest BCUT2D eigenvalue weighted by Gasteiger charge is 2.02. The monoisotopic (exact) mass is 358 g/mol. The molecule has 0 aromatic carbocycles. The minimum absolute atomic E-state index is 0.141. The van der Waals surface area contributed by atoms with Gasteiger partial charge >= 0.3 is 0 Å². The number of hydrazone groups is 2. The second-order valence-electron chi connectivity index (χ2n) is 5.53. The summed E-state index contributed by atoms with van der Waals surface area (Å²) < 4.78 is 10.1. The molecule has 2 heterocycles. The minimum Gasteiger partial charge on any atom is -0.463 e. The van der Waals surface area contributed by atoms with Crippen molar-refractivity contribution in [2.24, 2.45) is 10.2 Å². The summed E-state index contributed by atoms with van der Waals surface area (Å²) in [5.41, 5.74) is 4.90. The molecular formula is C18H22N4O4. The van der Waals surface area contributed by atoms with Crippen LogP contribution in [0.4, 0.5) is 0 Å². The van der Waals surface area contributed by atoms with Gasteiger partial charge in [0.1, 0.15) is 11.5 Å². The summed E-state index contributed by atoms with van der Waals surface area (Å²) >= 11 is 0. The molecule has 0 saturated heterocycles. The second-order valence-corrected chi connectivity index (χ2v) is 5.53. The lowest BCUT2D eigenvalue weighted by Gasteiger charge is -2.01. The highest BCUT2D eigenvalue weighted by atomic mass is 16.3. The lowest BCUT2D eigenvalue weighted by Crippen LogP contribution is -2.17. The quantitative estimate of drug-likeness (QED) is 0.366. The van der Waals surface area contributed by atoms with Crippen molar-refractivity contribution in [3.05, 3.63) is 48.3 Å². The van der Waals surface area contributed by atoms with E-state index in [9.17, 15) is 9.59 Å². The van der Waals surface area contributed by atoms with Crippen LogP contribution in [0.3, 0.4) is 0 Å². The van der Waals surface area contributed by atoms with E-state index in [0.29, 0.717) is 24.4 Å². The van der Waals surface area contributed by atoms with Gasteiger partial charge in [-0.15, -0.1) is 0 Å². The van der Waals surface area contributed by atoms with Gasteiger partial charge in [-0.3, -0.25) is 9.59 Å². The number of carbonyl (C=O) groups excluding carboxylic acids is 2. The molecule has 0 atom stereocenters. The van der Waals surface area contributed by atoms with Gasteiger partial charge in [-0.25, -0.2) is 10.9 Å². The fourth-order valence-electron chi connectivity index (χ4n) is 2.10. The molecule has 138 valence electrons. The Kier molecular flexibility index (Phi) is 8.41. The molecule has 0 aliphatic heterocycles. The summed E-state index contributed by atoms with van der Waals surface area (Å²) in [6.07, 6.45) is 10.0. The highest BCUT2D eigenvalue weighted by Crippen LogP contribution is 2.05. The van der Waals surface area contributed by atoms with E-state index >= 15 is 0 Å². The van der Waals surface area contributed by atoms with Gasteiger partial charge in [0, 0.05) is 12.8 Å². The van der Waals surface area contributed by atoms with Crippen molar-refractivity contribution in [3.63, 3.8) is 0 Å². The van der Waals surface area contributed by atoms with E-state index in [-0.39, 0.29) is 11.8 Å². The summed E-state index contributed by atoms with van der Waals surface area (Å²) in [5, 5.41) is 7.62. The van der Waals surface area contributed by atoms with Crippen LogP contribution in [0.5, 0.6) is 0 Å². The minimum atomic E-state index is -0.141. The second kappa shape index (κ2) is 11.4. The molecule has 0 unspecified atom stereocenters. The van der Waals surface area contributed by atoms with Crippen LogP contribution in [0.15, 0.2) is 55.8 Å². The molecule has 2 N–H and O–H groups in total. The predicted molar refractivity (Wildman–Crippen MR) is 96.6 cm³/mol. The van der Waals surface area contributed by atoms with Crippen LogP contribution in [-0.4, -0.2) is 24.2 Å². The number of carbonyl (C=O) groups is 2. The van der Waals surface area contributed by atoms with Gasteiger partial charge < -0.3 is 8.83 Å². The summed E-state index contributed by atoms with van der Waals surface area (Å²) in [6.45, 7) is 0. The van der Waals surface area contributed by atoms with Crippen molar-refractivity contribution in [3.8, 4) is 0 Å². The zero-order valence-electron chi connectivity index (χ0n) is 14.4. The summed E-state index contributed by atoms with van der Waals surface area (Å²) in [4.78, 5) is 23.2. The third-order valence-corrected chi connectivity index (χ3v) is 3.41. The summed E-state index contributed by atoms with van der Waals surface area (Å²) in [5.74, 6) is 0.879. The van der Waals surface area contributed by atoms with Gasteiger partial charge in [0.2, 0.25) is 11.8 Å². The van der Waals surface area contributed by atoms with Gasteiger partial charge in [0.25, 0.3) is 0 Å². The number of rotatable bonds is 11. The van der Waals surface area contributed by atoms with Crippen molar-refractivity contribution in [2.45, 2.75) is 38.5 Å². The third-order valence-electron chi connectivity index (χ3n) is 3.41. The lowest BCUT2D eigenvalue weighted by atomic mass is 10.1. The van der Waals surface area contributed by atoms with E-state index in [0.717, 1.165) is 25.7 Å². The van der Waals surface area contributed by atoms with Gasteiger partial charge in [0.15, 0.2) is 0 Å². The van der Waals surface area contributed by atoms with Crippen LogP contribution in [0.2, 0.25) is 0 Å². The Morgan fingerprint density at radius 3 is 1.65 bits per heavy atom. The molecule has 0 fully saturated rings. The van der Waals surface area contributed by atoms with E-state index < -0.39 is 0 Å². The Balaban J connectivity index is 1.44. The zero-order valence-corrected chi connectivity index (χ0v) is 14.4. The number of nitrogens with one attached hydrogen (secondary N) is 2. The molecule has 2 rings (SSSR count). The first-order chi connectivity index (χ1) is 12.7. The van der Waals surface area contributed by atoms with E-state index in [2.05, 4.69) is 21.1 Å². The van der Waals surface area contributed by atoms with Crippen LogP contribution in [0.1, 0.15) is 50.0 Å². The molecule has 0 spiro atoms. The normalized spacial score (nSPS) is 11.2. The van der Waals surface area contributed by atoms with Crippen molar-refractivity contribution in [2.75, 3.05) is 0 Å². The number of unbranched alkanes of at least 4 members (excludes halogenated alkanes) is 3. The topological polar surface area (TPSA) is 109 Å². The molecular weight excluding hydrogens is 336 g/mol. The number of hydrogen-bond acceptors (Lipinski definition) is 6. The number of nitrogens with zero attached hydrogens (tertiary/aromatic N) is 2. The first-order valence-corrected chi connectivity index (χ1v) is 8.45. The van der Waals surface area contributed by atoms with Crippen molar-refractivity contribution in [1.82, 2.24) is 10.9 Å². The maximum absolute atomic E-state index is 11.6. The lowest BCUT2D eigenvalue weighted by molar-refractivity contribution is -0.122. The molecule has 2 amide bonds. The Morgan fingerprint density at radius 1 is 0.808 bits per heavy atom. The predicted octanol–water partition coefficient (Wildman–Crippen LogP) is 2.81. The Bertz CT molecular complexity index is 643. The van der Waals surface area contributed by atoms with E-state index in [1.54, 1.807) is 24.3 Å². The molecule has 0 aliphatic carbocycles. The molecule has 8 nitrogen and oxygen atoms in total. The number of hydrogen-bond donors (Lipinski definition) is 2. The fourth-order valence-corrected chi connectivity index (χ4v) is 2.10. The molecule has 0 bridgehead atoms.